The van der Waals surface area contributed by atoms with Crippen molar-refractivity contribution in [3.8, 4) is 5.75 Å². The van der Waals surface area contributed by atoms with E-state index >= 15 is 0 Å². The summed E-state index contributed by atoms with van der Waals surface area (Å²) < 4.78 is 5.35. The number of hydrogen-bond acceptors (Lipinski definition) is 3. The maximum Gasteiger partial charge on any atom is 0.260 e. The van der Waals surface area contributed by atoms with Gasteiger partial charge in [0.15, 0.2) is 6.61 Å². The molecule has 0 radical (unpaired) electrons. The Morgan fingerprint density at radius 1 is 1.56 bits per heavy atom. The summed E-state index contributed by atoms with van der Waals surface area (Å²) in [5.41, 5.74) is 0.712. The number of carbonyl (C=O) groups is 1. The lowest BCUT2D eigenvalue weighted by atomic mass is 10.1. The highest BCUT2D eigenvalue weighted by Gasteiger charge is 2.10. The molecule has 100 valence electrons. The summed E-state index contributed by atoms with van der Waals surface area (Å²) in [4.78, 5) is 13.1. The smallest absolute Gasteiger partial charge is 0.260 e. The SMILES string of the molecule is CCN(C)C(=O)COc1ccc([C@@H](C)O)cc1Cl. The Morgan fingerprint density at radius 2 is 2.22 bits per heavy atom. The molecule has 5 heteroatoms. The van der Waals surface area contributed by atoms with Crippen LogP contribution in [0.5, 0.6) is 5.75 Å². The van der Waals surface area contributed by atoms with E-state index in [-0.39, 0.29) is 12.5 Å². The van der Waals surface area contributed by atoms with Crippen LogP contribution in [-0.2, 0) is 4.79 Å². The van der Waals surface area contributed by atoms with E-state index in [4.69, 9.17) is 16.3 Å². The molecule has 1 aromatic rings. The number of carbonyl (C=O) groups excluding carboxylic acids is 1. The molecule has 1 aromatic carbocycles. The number of aliphatic hydroxyl groups is 1. The Morgan fingerprint density at radius 3 is 2.72 bits per heavy atom. The number of likely N-dealkylation sites (N-methyl/N-ethyl adjacent to an activating group) is 1. The molecular formula is C13H18ClNO3. The fourth-order valence-corrected chi connectivity index (χ4v) is 1.56. The second kappa shape index (κ2) is 6.61. The van der Waals surface area contributed by atoms with Gasteiger partial charge in [-0.3, -0.25) is 4.79 Å². The number of benzene rings is 1. The maximum absolute atomic E-state index is 11.6. The van der Waals surface area contributed by atoms with E-state index in [1.54, 1.807) is 37.1 Å². The molecule has 0 spiro atoms. The molecule has 0 saturated heterocycles. The van der Waals surface area contributed by atoms with Crippen LogP contribution in [0.15, 0.2) is 18.2 Å². The van der Waals surface area contributed by atoms with E-state index in [9.17, 15) is 9.90 Å². The normalized spacial score (nSPS) is 12.1. The minimum atomic E-state index is -0.579. The highest BCUT2D eigenvalue weighted by Crippen LogP contribution is 2.27. The van der Waals surface area contributed by atoms with E-state index < -0.39 is 6.10 Å². The first-order valence-electron chi connectivity index (χ1n) is 5.80. The van der Waals surface area contributed by atoms with Crippen LogP contribution in [0.25, 0.3) is 0 Å². The van der Waals surface area contributed by atoms with Crippen LogP contribution in [0.2, 0.25) is 5.02 Å². The quantitative estimate of drug-likeness (QED) is 0.894. The molecule has 1 N–H and O–H groups in total. The molecule has 4 nitrogen and oxygen atoms in total. The van der Waals surface area contributed by atoms with Gasteiger partial charge < -0.3 is 14.7 Å². The van der Waals surface area contributed by atoms with Crippen molar-refractivity contribution >= 4 is 17.5 Å². The van der Waals surface area contributed by atoms with Crippen molar-refractivity contribution in [1.82, 2.24) is 4.90 Å². The zero-order chi connectivity index (χ0) is 13.7. The van der Waals surface area contributed by atoms with Crippen LogP contribution in [0, 0.1) is 0 Å². The summed E-state index contributed by atoms with van der Waals surface area (Å²) in [5.74, 6) is 0.340. The van der Waals surface area contributed by atoms with Crippen LogP contribution in [-0.4, -0.2) is 36.1 Å². The number of nitrogens with zero attached hydrogens (tertiary/aromatic N) is 1. The standard InChI is InChI=1S/C13H18ClNO3/c1-4-15(3)13(17)8-18-12-6-5-10(9(2)16)7-11(12)14/h5-7,9,16H,4,8H2,1-3H3/t9-/m1/s1. The molecule has 1 rings (SSSR count). The van der Waals surface area contributed by atoms with Crippen molar-refractivity contribution in [2.75, 3.05) is 20.2 Å². The average molecular weight is 272 g/mol. The van der Waals surface area contributed by atoms with Gasteiger partial charge in [0.1, 0.15) is 5.75 Å². The molecular weight excluding hydrogens is 254 g/mol. The van der Waals surface area contributed by atoms with E-state index in [2.05, 4.69) is 0 Å². The molecule has 0 aliphatic carbocycles. The molecule has 0 aromatic heterocycles. The van der Waals surface area contributed by atoms with Gasteiger partial charge in [-0.1, -0.05) is 17.7 Å². The number of ether oxygens (including phenoxy) is 1. The summed E-state index contributed by atoms with van der Waals surface area (Å²) >= 11 is 6.01. The Hall–Kier alpha value is -1.26. The van der Waals surface area contributed by atoms with Crippen LogP contribution < -0.4 is 4.74 Å². The lowest BCUT2D eigenvalue weighted by Gasteiger charge is -2.15. The number of rotatable bonds is 5. The third-order valence-electron chi connectivity index (χ3n) is 2.69. The molecule has 0 bridgehead atoms. The minimum Gasteiger partial charge on any atom is -0.482 e. The highest BCUT2D eigenvalue weighted by atomic mass is 35.5. The van der Waals surface area contributed by atoms with Gasteiger partial charge in [0.05, 0.1) is 11.1 Å². The Balaban J connectivity index is 2.66. The molecule has 1 atom stereocenters. The van der Waals surface area contributed by atoms with E-state index in [1.165, 1.54) is 0 Å². The number of halogens is 1. The van der Waals surface area contributed by atoms with Crippen LogP contribution in [0.1, 0.15) is 25.5 Å². The van der Waals surface area contributed by atoms with Crippen molar-refractivity contribution < 1.29 is 14.6 Å². The lowest BCUT2D eigenvalue weighted by molar-refractivity contribution is -0.131. The third kappa shape index (κ3) is 3.89. The number of aliphatic hydroxyl groups excluding tert-OH is 1. The lowest BCUT2D eigenvalue weighted by Crippen LogP contribution is -2.31. The average Bonchev–Trinajstić information content (AvgIpc) is 2.35. The predicted molar refractivity (Wildman–Crippen MR) is 70.9 cm³/mol. The topological polar surface area (TPSA) is 49.8 Å². The summed E-state index contributed by atoms with van der Waals surface area (Å²) in [6, 6.07) is 5.01. The first kappa shape index (κ1) is 14.8. The zero-order valence-corrected chi connectivity index (χ0v) is 11.6. The molecule has 0 aliphatic rings. The molecule has 0 aliphatic heterocycles. The van der Waals surface area contributed by atoms with Gasteiger partial charge in [-0.25, -0.2) is 0 Å². The van der Waals surface area contributed by atoms with Gasteiger partial charge in [-0.05, 0) is 31.5 Å². The Labute approximate surface area is 112 Å². The van der Waals surface area contributed by atoms with Gasteiger partial charge in [0.25, 0.3) is 5.91 Å². The molecule has 0 saturated carbocycles. The van der Waals surface area contributed by atoms with Crippen LogP contribution in [0.3, 0.4) is 0 Å². The fourth-order valence-electron chi connectivity index (χ4n) is 1.32. The van der Waals surface area contributed by atoms with Gasteiger partial charge in [-0.2, -0.15) is 0 Å². The van der Waals surface area contributed by atoms with Gasteiger partial charge in [-0.15, -0.1) is 0 Å². The van der Waals surface area contributed by atoms with Crippen molar-refractivity contribution in [3.05, 3.63) is 28.8 Å². The first-order valence-corrected chi connectivity index (χ1v) is 6.17. The molecule has 1 amide bonds. The summed E-state index contributed by atoms with van der Waals surface area (Å²) in [5, 5.41) is 9.79. The van der Waals surface area contributed by atoms with Crippen molar-refractivity contribution in [2.24, 2.45) is 0 Å². The molecule has 0 heterocycles. The zero-order valence-electron chi connectivity index (χ0n) is 10.8. The monoisotopic (exact) mass is 271 g/mol. The number of amides is 1. The summed E-state index contributed by atoms with van der Waals surface area (Å²) in [6.45, 7) is 4.14. The minimum absolute atomic E-state index is 0.0436. The number of hydrogen-bond donors (Lipinski definition) is 1. The van der Waals surface area contributed by atoms with Crippen molar-refractivity contribution in [2.45, 2.75) is 20.0 Å². The second-order valence-corrected chi connectivity index (χ2v) is 4.47. The van der Waals surface area contributed by atoms with E-state index in [1.807, 2.05) is 6.92 Å². The molecule has 0 unspecified atom stereocenters. The van der Waals surface area contributed by atoms with Gasteiger partial charge in [0.2, 0.25) is 0 Å². The molecule has 0 fully saturated rings. The fraction of sp³-hybridized carbons (Fsp3) is 0.462. The van der Waals surface area contributed by atoms with E-state index in [0.29, 0.717) is 22.9 Å². The van der Waals surface area contributed by atoms with Crippen molar-refractivity contribution in [3.63, 3.8) is 0 Å². The largest absolute Gasteiger partial charge is 0.482 e. The van der Waals surface area contributed by atoms with Gasteiger partial charge >= 0.3 is 0 Å². The highest BCUT2D eigenvalue weighted by molar-refractivity contribution is 6.32. The van der Waals surface area contributed by atoms with Crippen LogP contribution >= 0.6 is 11.6 Å². The summed E-state index contributed by atoms with van der Waals surface area (Å²) in [6.07, 6.45) is -0.579. The molecule has 18 heavy (non-hydrogen) atoms. The third-order valence-corrected chi connectivity index (χ3v) is 2.98. The Kier molecular flexibility index (Phi) is 5.44. The van der Waals surface area contributed by atoms with Crippen molar-refractivity contribution in [1.29, 1.82) is 0 Å². The summed E-state index contributed by atoms with van der Waals surface area (Å²) in [7, 11) is 1.71. The van der Waals surface area contributed by atoms with Gasteiger partial charge in [0, 0.05) is 13.6 Å². The maximum atomic E-state index is 11.6. The van der Waals surface area contributed by atoms with E-state index in [0.717, 1.165) is 0 Å². The Bertz CT molecular complexity index is 421. The van der Waals surface area contributed by atoms with Crippen LogP contribution in [0.4, 0.5) is 0 Å². The second-order valence-electron chi connectivity index (χ2n) is 4.06. The first-order chi connectivity index (χ1) is 8.45. The predicted octanol–water partition coefficient (Wildman–Crippen LogP) is 2.25.